The van der Waals surface area contributed by atoms with Crippen molar-refractivity contribution in [2.24, 2.45) is 7.05 Å². The molecule has 122 valence electrons. The first-order valence-corrected chi connectivity index (χ1v) is 8.98. The standard InChI is InChI=1S/C17H21N3O2S/c1-19-10-14(9-18-19)13-8-17(22-11-13)5-3-6-20(12-17)16(21)15-4-2-7-23-15/h2,4,7,9-10,13H,3,5-6,8,11-12H2,1H3/t13-,17-/m1/s1. The topological polar surface area (TPSA) is 47.4 Å². The summed E-state index contributed by atoms with van der Waals surface area (Å²) in [6, 6.07) is 3.84. The lowest BCUT2D eigenvalue weighted by atomic mass is 9.85. The van der Waals surface area contributed by atoms with E-state index >= 15 is 0 Å². The first-order chi connectivity index (χ1) is 11.2. The van der Waals surface area contributed by atoms with E-state index in [1.807, 2.05) is 40.3 Å². The fraction of sp³-hybridized carbons (Fsp3) is 0.529. The molecule has 1 amide bonds. The maximum absolute atomic E-state index is 12.6. The second kappa shape index (κ2) is 5.76. The minimum atomic E-state index is -0.175. The molecule has 2 saturated heterocycles. The van der Waals surface area contributed by atoms with Crippen molar-refractivity contribution in [3.05, 3.63) is 40.3 Å². The summed E-state index contributed by atoms with van der Waals surface area (Å²) >= 11 is 1.51. The van der Waals surface area contributed by atoms with Gasteiger partial charge < -0.3 is 9.64 Å². The minimum absolute atomic E-state index is 0.146. The van der Waals surface area contributed by atoms with Crippen LogP contribution in [0.5, 0.6) is 0 Å². The van der Waals surface area contributed by atoms with Gasteiger partial charge in [0.05, 0.1) is 29.8 Å². The number of rotatable bonds is 2. The van der Waals surface area contributed by atoms with Gasteiger partial charge in [-0.05, 0) is 36.3 Å². The molecule has 0 radical (unpaired) electrons. The maximum Gasteiger partial charge on any atom is 0.264 e. The van der Waals surface area contributed by atoms with Gasteiger partial charge in [0.25, 0.3) is 5.91 Å². The predicted molar refractivity (Wildman–Crippen MR) is 88.7 cm³/mol. The lowest BCUT2D eigenvalue weighted by molar-refractivity contribution is -0.0446. The molecule has 5 nitrogen and oxygen atoms in total. The zero-order chi connectivity index (χ0) is 15.9. The van der Waals surface area contributed by atoms with Crippen molar-refractivity contribution in [2.75, 3.05) is 19.7 Å². The molecule has 4 heterocycles. The zero-order valence-electron chi connectivity index (χ0n) is 13.3. The summed E-state index contributed by atoms with van der Waals surface area (Å²) in [7, 11) is 1.94. The van der Waals surface area contributed by atoms with Crippen molar-refractivity contribution in [1.82, 2.24) is 14.7 Å². The molecule has 0 aromatic carbocycles. The Morgan fingerprint density at radius 2 is 2.43 bits per heavy atom. The average Bonchev–Trinajstić information content (AvgIpc) is 3.28. The molecule has 0 unspecified atom stereocenters. The van der Waals surface area contributed by atoms with Crippen molar-refractivity contribution >= 4 is 17.2 Å². The molecule has 2 aliphatic rings. The quantitative estimate of drug-likeness (QED) is 0.850. The van der Waals surface area contributed by atoms with Crippen molar-refractivity contribution in [3.63, 3.8) is 0 Å². The molecule has 0 aliphatic carbocycles. The molecule has 2 fully saturated rings. The molecule has 1 spiro atoms. The highest BCUT2D eigenvalue weighted by Gasteiger charge is 2.45. The molecule has 0 N–H and O–H groups in total. The summed E-state index contributed by atoms with van der Waals surface area (Å²) in [4.78, 5) is 15.4. The second-order valence-electron chi connectivity index (χ2n) is 6.65. The van der Waals surface area contributed by atoms with E-state index in [0.29, 0.717) is 12.5 Å². The van der Waals surface area contributed by atoms with Crippen LogP contribution in [-0.2, 0) is 11.8 Å². The second-order valence-corrected chi connectivity index (χ2v) is 7.60. The van der Waals surface area contributed by atoms with Crippen LogP contribution in [0.1, 0.15) is 40.4 Å². The van der Waals surface area contributed by atoms with Crippen LogP contribution in [0.15, 0.2) is 29.9 Å². The van der Waals surface area contributed by atoms with Crippen LogP contribution in [-0.4, -0.2) is 45.9 Å². The van der Waals surface area contributed by atoms with E-state index in [0.717, 1.165) is 37.3 Å². The van der Waals surface area contributed by atoms with Crippen molar-refractivity contribution < 1.29 is 9.53 Å². The van der Waals surface area contributed by atoms with Crippen LogP contribution >= 0.6 is 11.3 Å². The Morgan fingerprint density at radius 1 is 1.52 bits per heavy atom. The molecular formula is C17H21N3O2S. The highest BCUT2D eigenvalue weighted by molar-refractivity contribution is 7.12. The number of likely N-dealkylation sites (tertiary alicyclic amines) is 1. The fourth-order valence-corrected chi connectivity index (χ4v) is 4.51. The molecule has 2 aromatic heterocycles. The Labute approximate surface area is 139 Å². The SMILES string of the molecule is Cn1cc([C@H]2CO[C@]3(CCCN(C(=O)c4cccs4)C3)C2)cn1. The molecule has 6 heteroatoms. The highest BCUT2D eigenvalue weighted by Crippen LogP contribution is 2.41. The van der Waals surface area contributed by atoms with Gasteiger partial charge in [-0.1, -0.05) is 6.07 Å². The Hall–Kier alpha value is -1.66. The average molecular weight is 331 g/mol. The van der Waals surface area contributed by atoms with Gasteiger partial charge in [-0.3, -0.25) is 9.48 Å². The van der Waals surface area contributed by atoms with Gasteiger partial charge in [-0.25, -0.2) is 0 Å². The summed E-state index contributed by atoms with van der Waals surface area (Å²) in [6.07, 6.45) is 7.04. The van der Waals surface area contributed by atoms with E-state index in [1.165, 1.54) is 16.9 Å². The summed E-state index contributed by atoms with van der Waals surface area (Å²) in [6.45, 7) is 2.27. The number of hydrogen-bond acceptors (Lipinski definition) is 4. The summed E-state index contributed by atoms with van der Waals surface area (Å²) < 4.78 is 8.07. The Kier molecular flexibility index (Phi) is 3.73. The number of aromatic nitrogens is 2. The number of nitrogens with zero attached hydrogens (tertiary/aromatic N) is 3. The summed E-state index contributed by atoms with van der Waals surface area (Å²) in [5, 5.41) is 6.23. The van der Waals surface area contributed by atoms with E-state index in [4.69, 9.17) is 4.74 Å². The molecular weight excluding hydrogens is 310 g/mol. The summed E-state index contributed by atoms with van der Waals surface area (Å²) in [5.74, 6) is 0.535. The normalized spacial score (nSPS) is 27.7. The number of carbonyl (C=O) groups excluding carboxylic acids is 1. The predicted octanol–water partition coefficient (Wildman–Crippen LogP) is 2.66. The van der Waals surface area contributed by atoms with Crippen LogP contribution in [0.2, 0.25) is 0 Å². The van der Waals surface area contributed by atoms with Gasteiger partial charge in [0.2, 0.25) is 0 Å². The highest BCUT2D eigenvalue weighted by atomic mass is 32.1. The number of aryl methyl sites for hydroxylation is 1. The van der Waals surface area contributed by atoms with Gasteiger partial charge in [0.1, 0.15) is 0 Å². The smallest absolute Gasteiger partial charge is 0.264 e. The van der Waals surface area contributed by atoms with E-state index in [1.54, 1.807) is 0 Å². The number of ether oxygens (including phenoxy) is 1. The van der Waals surface area contributed by atoms with Crippen LogP contribution < -0.4 is 0 Å². The molecule has 0 bridgehead atoms. The zero-order valence-corrected chi connectivity index (χ0v) is 14.1. The third-order valence-electron chi connectivity index (χ3n) is 4.96. The third kappa shape index (κ3) is 2.81. The molecule has 2 aliphatic heterocycles. The van der Waals surface area contributed by atoms with Gasteiger partial charge in [0, 0.05) is 25.7 Å². The number of carbonyl (C=O) groups is 1. The van der Waals surface area contributed by atoms with E-state index in [9.17, 15) is 4.79 Å². The van der Waals surface area contributed by atoms with Crippen LogP contribution in [0.4, 0.5) is 0 Å². The van der Waals surface area contributed by atoms with Gasteiger partial charge in [0.15, 0.2) is 0 Å². The maximum atomic E-state index is 12.6. The van der Waals surface area contributed by atoms with Gasteiger partial charge >= 0.3 is 0 Å². The Morgan fingerprint density at radius 3 is 3.17 bits per heavy atom. The number of hydrogen-bond donors (Lipinski definition) is 0. The number of thiophene rings is 1. The van der Waals surface area contributed by atoms with Crippen LogP contribution in [0.3, 0.4) is 0 Å². The Balaban J connectivity index is 1.48. The number of piperidine rings is 1. The van der Waals surface area contributed by atoms with E-state index in [2.05, 4.69) is 11.3 Å². The monoisotopic (exact) mass is 331 g/mol. The van der Waals surface area contributed by atoms with E-state index < -0.39 is 0 Å². The van der Waals surface area contributed by atoms with E-state index in [-0.39, 0.29) is 11.5 Å². The van der Waals surface area contributed by atoms with Gasteiger partial charge in [-0.15, -0.1) is 11.3 Å². The van der Waals surface area contributed by atoms with Crippen LogP contribution in [0.25, 0.3) is 0 Å². The molecule has 2 aromatic rings. The summed E-state index contributed by atoms with van der Waals surface area (Å²) in [5.41, 5.74) is 1.07. The largest absolute Gasteiger partial charge is 0.372 e. The van der Waals surface area contributed by atoms with Gasteiger partial charge in [-0.2, -0.15) is 5.10 Å². The minimum Gasteiger partial charge on any atom is -0.372 e. The first-order valence-electron chi connectivity index (χ1n) is 8.10. The lowest BCUT2D eigenvalue weighted by Gasteiger charge is -2.39. The first kappa shape index (κ1) is 14.9. The molecule has 0 saturated carbocycles. The lowest BCUT2D eigenvalue weighted by Crippen LogP contribution is -2.49. The number of amides is 1. The van der Waals surface area contributed by atoms with Crippen LogP contribution in [0, 0.1) is 0 Å². The van der Waals surface area contributed by atoms with Crippen molar-refractivity contribution in [3.8, 4) is 0 Å². The fourth-order valence-electron chi connectivity index (χ4n) is 3.82. The van der Waals surface area contributed by atoms with Crippen molar-refractivity contribution in [1.29, 1.82) is 0 Å². The van der Waals surface area contributed by atoms with Crippen molar-refractivity contribution in [2.45, 2.75) is 30.8 Å². The Bertz CT molecular complexity index is 697. The molecule has 4 rings (SSSR count). The molecule has 2 atom stereocenters. The molecule has 23 heavy (non-hydrogen) atoms. The third-order valence-corrected chi connectivity index (χ3v) is 5.82.